The average Bonchev–Trinajstić information content (AvgIpc) is 2.84. The van der Waals surface area contributed by atoms with Crippen LogP contribution in [0.2, 0.25) is 0 Å². The fourth-order valence-corrected chi connectivity index (χ4v) is 1.18. The Hall–Kier alpha value is -1.64. The first-order valence-electron chi connectivity index (χ1n) is 5.67. The van der Waals surface area contributed by atoms with E-state index in [2.05, 4.69) is 43.0 Å². The van der Waals surface area contributed by atoms with E-state index >= 15 is 0 Å². The minimum atomic E-state index is 0.572. The van der Waals surface area contributed by atoms with Crippen LogP contribution in [0.1, 0.15) is 32.8 Å². The van der Waals surface area contributed by atoms with Crippen molar-refractivity contribution in [1.82, 2.24) is 10.1 Å². The molecule has 0 N–H and O–H groups in total. The van der Waals surface area contributed by atoms with Gasteiger partial charge in [-0.3, -0.25) is 0 Å². The fraction of sp³-hybridized carbons (Fsp3) is 0.385. The van der Waals surface area contributed by atoms with Crippen LogP contribution in [0.5, 0.6) is 0 Å². The molecule has 0 saturated carbocycles. The van der Waals surface area contributed by atoms with Gasteiger partial charge in [-0.2, -0.15) is 4.98 Å². The maximum Gasteiger partial charge on any atom is 0.257 e. The topological polar surface area (TPSA) is 38.9 Å². The van der Waals surface area contributed by atoms with Gasteiger partial charge in [-0.25, -0.2) is 0 Å². The highest BCUT2D eigenvalue weighted by Gasteiger charge is 2.01. The first kappa shape index (κ1) is 12.4. The molecule has 3 nitrogen and oxygen atoms in total. The van der Waals surface area contributed by atoms with Crippen LogP contribution < -0.4 is 0 Å². The van der Waals surface area contributed by atoms with Crippen molar-refractivity contribution in [3.8, 4) is 11.5 Å². The van der Waals surface area contributed by atoms with E-state index in [0.717, 1.165) is 12.0 Å². The van der Waals surface area contributed by atoms with Gasteiger partial charge in [-0.05, 0) is 24.1 Å². The summed E-state index contributed by atoms with van der Waals surface area (Å²) in [7, 11) is 0. The van der Waals surface area contributed by atoms with E-state index in [9.17, 15) is 0 Å². The van der Waals surface area contributed by atoms with Crippen molar-refractivity contribution in [3.63, 3.8) is 0 Å². The van der Waals surface area contributed by atoms with Crippen LogP contribution in [-0.2, 0) is 6.42 Å². The van der Waals surface area contributed by atoms with Crippen LogP contribution in [0.4, 0.5) is 0 Å². The zero-order chi connectivity index (χ0) is 11.8. The minimum Gasteiger partial charge on any atom is -0.334 e. The zero-order valence-electron chi connectivity index (χ0n) is 10.1. The number of rotatable bonds is 2. The second-order valence-electron chi connectivity index (χ2n) is 3.50. The second kappa shape index (κ2) is 6.77. The molecule has 16 heavy (non-hydrogen) atoms. The van der Waals surface area contributed by atoms with Gasteiger partial charge >= 0.3 is 0 Å². The zero-order valence-corrected chi connectivity index (χ0v) is 10.1. The molecule has 1 aromatic carbocycles. The molecular formula is C13H18N2O. The third kappa shape index (κ3) is 3.50. The molecule has 0 amide bonds. The van der Waals surface area contributed by atoms with E-state index in [1.807, 2.05) is 12.1 Å². The molecule has 86 valence electrons. The molecular weight excluding hydrogens is 200 g/mol. The average molecular weight is 218 g/mol. The van der Waals surface area contributed by atoms with Crippen molar-refractivity contribution in [1.29, 1.82) is 0 Å². The molecule has 1 aromatic heterocycles. The van der Waals surface area contributed by atoms with Gasteiger partial charge in [-0.1, -0.05) is 44.5 Å². The number of nitrogens with zero attached hydrogens (tertiary/aromatic N) is 2. The second-order valence-corrected chi connectivity index (χ2v) is 3.50. The molecule has 0 aliphatic heterocycles. The van der Waals surface area contributed by atoms with Gasteiger partial charge < -0.3 is 4.52 Å². The van der Waals surface area contributed by atoms with Gasteiger partial charge in [0.1, 0.15) is 0 Å². The Morgan fingerprint density at radius 1 is 1.06 bits per heavy atom. The first-order chi connectivity index (χ1) is 7.81. The summed E-state index contributed by atoms with van der Waals surface area (Å²) >= 11 is 0. The van der Waals surface area contributed by atoms with E-state index in [4.69, 9.17) is 4.52 Å². The van der Waals surface area contributed by atoms with Crippen molar-refractivity contribution in [2.75, 3.05) is 0 Å². The van der Waals surface area contributed by atoms with Crippen LogP contribution in [0.3, 0.4) is 0 Å². The van der Waals surface area contributed by atoms with Crippen molar-refractivity contribution in [2.24, 2.45) is 0 Å². The lowest BCUT2D eigenvalue weighted by Crippen LogP contribution is -1.80. The fourth-order valence-electron chi connectivity index (χ4n) is 1.18. The van der Waals surface area contributed by atoms with Crippen molar-refractivity contribution >= 4 is 0 Å². The molecule has 3 heteroatoms. The highest BCUT2D eigenvalue weighted by atomic mass is 16.5. The summed E-state index contributed by atoms with van der Waals surface area (Å²) in [5.74, 6) is 0.572. The quantitative estimate of drug-likeness (QED) is 0.771. The SMILES string of the molecule is CCC.CCc1ccc(-c2ncno2)cc1. The van der Waals surface area contributed by atoms with Crippen molar-refractivity contribution in [3.05, 3.63) is 36.2 Å². The maximum absolute atomic E-state index is 4.93. The summed E-state index contributed by atoms with van der Waals surface area (Å²) in [6.45, 7) is 6.38. The third-order valence-corrected chi connectivity index (χ3v) is 1.97. The number of aromatic nitrogens is 2. The lowest BCUT2D eigenvalue weighted by atomic mass is 10.1. The maximum atomic E-state index is 4.93. The molecule has 0 fully saturated rings. The summed E-state index contributed by atoms with van der Waals surface area (Å²) in [6.07, 6.45) is 3.70. The van der Waals surface area contributed by atoms with E-state index in [-0.39, 0.29) is 0 Å². The highest BCUT2D eigenvalue weighted by Crippen LogP contribution is 2.16. The molecule has 0 saturated heterocycles. The van der Waals surface area contributed by atoms with Gasteiger partial charge in [0.2, 0.25) is 0 Å². The molecule has 1 heterocycles. The normalized spacial score (nSPS) is 9.44. The highest BCUT2D eigenvalue weighted by molar-refractivity contribution is 5.52. The Morgan fingerprint density at radius 3 is 2.12 bits per heavy atom. The van der Waals surface area contributed by atoms with Gasteiger partial charge in [0.15, 0.2) is 6.33 Å². The van der Waals surface area contributed by atoms with E-state index in [1.165, 1.54) is 18.3 Å². The largest absolute Gasteiger partial charge is 0.334 e. The molecule has 0 aliphatic rings. The summed E-state index contributed by atoms with van der Waals surface area (Å²) in [5, 5.41) is 3.56. The summed E-state index contributed by atoms with van der Waals surface area (Å²) in [6, 6.07) is 8.12. The van der Waals surface area contributed by atoms with Crippen molar-refractivity contribution < 1.29 is 4.52 Å². The molecule has 2 rings (SSSR count). The molecule has 0 aliphatic carbocycles. The number of aryl methyl sites for hydroxylation is 1. The Labute approximate surface area is 96.5 Å². The monoisotopic (exact) mass is 218 g/mol. The Balaban J connectivity index is 0.000000386. The predicted octanol–water partition coefficient (Wildman–Crippen LogP) is 3.72. The van der Waals surface area contributed by atoms with E-state index < -0.39 is 0 Å². The lowest BCUT2D eigenvalue weighted by Gasteiger charge is -1.96. The number of hydrogen-bond acceptors (Lipinski definition) is 3. The van der Waals surface area contributed by atoms with Crippen LogP contribution in [0.15, 0.2) is 35.1 Å². The molecule has 0 atom stereocenters. The van der Waals surface area contributed by atoms with Gasteiger partial charge in [-0.15, -0.1) is 0 Å². The summed E-state index contributed by atoms with van der Waals surface area (Å²) in [4.78, 5) is 3.96. The molecule has 0 spiro atoms. The van der Waals surface area contributed by atoms with E-state index in [1.54, 1.807) is 0 Å². The Morgan fingerprint density at radius 2 is 1.69 bits per heavy atom. The molecule has 2 aromatic rings. The minimum absolute atomic E-state index is 0.572. The van der Waals surface area contributed by atoms with Crippen LogP contribution in [0, 0.1) is 0 Å². The Kier molecular flexibility index (Phi) is 5.26. The van der Waals surface area contributed by atoms with Crippen molar-refractivity contribution in [2.45, 2.75) is 33.6 Å². The van der Waals surface area contributed by atoms with Gasteiger partial charge in [0.05, 0.1) is 0 Å². The molecule has 0 radical (unpaired) electrons. The number of hydrogen-bond donors (Lipinski definition) is 0. The first-order valence-corrected chi connectivity index (χ1v) is 5.67. The van der Waals surface area contributed by atoms with Gasteiger partial charge in [0, 0.05) is 5.56 Å². The van der Waals surface area contributed by atoms with Crippen LogP contribution in [-0.4, -0.2) is 10.1 Å². The molecule has 0 bridgehead atoms. The summed E-state index contributed by atoms with van der Waals surface area (Å²) in [5.41, 5.74) is 2.28. The Bertz CT molecular complexity index is 379. The lowest BCUT2D eigenvalue weighted by molar-refractivity contribution is 0.430. The van der Waals surface area contributed by atoms with Gasteiger partial charge in [0.25, 0.3) is 5.89 Å². The number of benzene rings is 1. The smallest absolute Gasteiger partial charge is 0.257 e. The van der Waals surface area contributed by atoms with E-state index in [0.29, 0.717) is 5.89 Å². The predicted molar refractivity (Wildman–Crippen MR) is 65.1 cm³/mol. The van der Waals surface area contributed by atoms with Crippen LogP contribution >= 0.6 is 0 Å². The third-order valence-electron chi connectivity index (χ3n) is 1.97. The molecule has 0 unspecified atom stereocenters. The summed E-state index contributed by atoms with van der Waals surface area (Å²) < 4.78 is 4.93. The van der Waals surface area contributed by atoms with Crippen LogP contribution in [0.25, 0.3) is 11.5 Å². The standard InChI is InChI=1S/C10H10N2O.C3H8/c1-2-8-3-5-9(6-4-8)10-11-7-12-13-10;1-3-2/h3-7H,2H2,1H3;3H2,1-2H3.